The summed E-state index contributed by atoms with van der Waals surface area (Å²) in [7, 11) is 1.43. The van der Waals surface area contributed by atoms with Crippen LogP contribution in [0.25, 0.3) is 0 Å². The number of carbonyl (C=O) groups is 1. The number of rotatable bonds is 4. The van der Waals surface area contributed by atoms with Crippen LogP contribution in [0.3, 0.4) is 0 Å². The predicted octanol–water partition coefficient (Wildman–Crippen LogP) is 3.93. The number of thioether (sulfide) groups is 1. The number of ether oxygens (including phenoxy) is 1. The Balaban J connectivity index is 2.69. The number of halogens is 4. The van der Waals surface area contributed by atoms with E-state index in [0.717, 1.165) is 0 Å². The summed E-state index contributed by atoms with van der Waals surface area (Å²) in [6.45, 7) is 1.18. The van der Waals surface area contributed by atoms with Gasteiger partial charge in [0.25, 0.3) is 0 Å². The number of carbonyl (C=O) groups excluding carboxylic acids is 1. The fourth-order valence-electron chi connectivity index (χ4n) is 1.24. The molecule has 0 bridgehead atoms. The average molecular weight is 314 g/mol. The molecule has 1 aromatic carbocycles. The standard InChI is InChI=1S/C11H11ClF3NO2S/c1-6(19-11(13,14)15)10(17)16-7-3-4-9(18-2)8(12)5-7/h3-6H,1-2H3,(H,16,17)/t6-/m0/s1. The lowest BCUT2D eigenvalue weighted by atomic mass is 10.3. The molecule has 1 rings (SSSR count). The summed E-state index contributed by atoms with van der Waals surface area (Å²) in [4.78, 5) is 11.5. The Morgan fingerprint density at radius 1 is 1.47 bits per heavy atom. The van der Waals surface area contributed by atoms with E-state index in [9.17, 15) is 18.0 Å². The lowest BCUT2D eigenvalue weighted by Crippen LogP contribution is -2.25. The van der Waals surface area contributed by atoms with E-state index in [4.69, 9.17) is 16.3 Å². The van der Waals surface area contributed by atoms with Crippen molar-refractivity contribution in [2.75, 3.05) is 12.4 Å². The molecule has 0 aliphatic rings. The van der Waals surface area contributed by atoms with Crippen LogP contribution in [0, 0.1) is 0 Å². The van der Waals surface area contributed by atoms with Crippen LogP contribution in [-0.4, -0.2) is 23.8 Å². The van der Waals surface area contributed by atoms with Crippen LogP contribution in [0.5, 0.6) is 5.75 Å². The molecule has 0 saturated heterocycles. The predicted molar refractivity (Wildman–Crippen MR) is 69.7 cm³/mol. The smallest absolute Gasteiger partial charge is 0.442 e. The van der Waals surface area contributed by atoms with Gasteiger partial charge in [-0.25, -0.2) is 0 Å². The van der Waals surface area contributed by atoms with Crippen molar-refractivity contribution in [3.63, 3.8) is 0 Å². The molecule has 1 aromatic rings. The highest BCUT2D eigenvalue weighted by Gasteiger charge is 2.34. The van der Waals surface area contributed by atoms with E-state index in [-0.39, 0.29) is 16.8 Å². The highest BCUT2D eigenvalue weighted by Crippen LogP contribution is 2.34. The molecule has 19 heavy (non-hydrogen) atoms. The third-order valence-electron chi connectivity index (χ3n) is 2.10. The van der Waals surface area contributed by atoms with Gasteiger partial charge in [-0.05, 0) is 36.9 Å². The quantitative estimate of drug-likeness (QED) is 0.915. The first-order valence-electron chi connectivity index (χ1n) is 5.12. The molecular formula is C11H11ClF3NO2S. The van der Waals surface area contributed by atoms with Crippen LogP contribution < -0.4 is 10.1 Å². The number of anilines is 1. The molecule has 0 unspecified atom stereocenters. The summed E-state index contributed by atoms with van der Waals surface area (Å²) in [6, 6.07) is 4.41. The van der Waals surface area contributed by atoms with Gasteiger partial charge in [-0.15, -0.1) is 0 Å². The molecule has 8 heteroatoms. The van der Waals surface area contributed by atoms with Gasteiger partial charge in [0.2, 0.25) is 5.91 Å². The summed E-state index contributed by atoms with van der Waals surface area (Å²) in [5, 5.41) is 1.37. The lowest BCUT2D eigenvalue weighted by Gasteiger charge is -2.14. The zero-order valence-corrected chi connectivity index (χ0v) is 11.6. The number of hydrogen-bond donors (Lipinski definition) is 1. The topological polar surface area (TPSA) is 38.3 Å². The molecule has 3 nitrogen and oxygen atoms in total. The maximum atomic E-state index is 12.1. The van der Waals surface area contributed by atoms with E-state index < -0.39 is 16.7 Å². The van der Waals surface area contributed by atoms with Gasteiger partial charge >= 0.3 is 5.51 Å². The summed E-state index contributed by atoms with van der Waals surface area (Å²) in [6.07, 6.45) is 0. The fraction of sp³-hybridized carbons (Fsp3) is 0.364. The molecule has 0 radical (unpaired) electrons. The molecule has 0 aromatic heterocycles. The Bertz CT molecular complexity index is 468. The second kappa shape index (κ2) is 6.38. The molecular weight excluding hydrogens is 303 g/mol. The Morgan fingerprint density at radius 2 is 2.11 bits per heavy atom. The molecule has 0 aliphatic heterocycles. The van der Waals surface area contributed by atoms with Crippen LogP contribution >= 0.6 is 23.4 Å². The minimum atomic E-state index is -4.45. The largest absolute Gasteiger partial charge is 0.495 e. The van der Waals surface area contributed by atoms with Crippen molar-refractivity contribution < 1.29 is 22.7 Å². The van der Waals surface area contributed by atoms with Crippen LogP contribution in [0.2, 0.25) is 5.02 Å². The highest BCUT2D eigenvalue weighted by atomic mass is 35.5. The van der Waals surface area contributed by atoms with Crippen LogP contribution in [-0.2, 0) is 4.79 Å². The van der Waals surface area contributed by atoms with E-state index in [0.29, 0.717) is 11.4 Å². The Morgan fingerprint density at radius 3 is 2.58 bits per heavy atom. The van der Waals surface area contributed by atoms with Gasteiger partial charge in [0.15, 0.2) is 0 Å². The van der Waals surface area contributed by atoms with Crippen molar-refractivity contribution >= 4 is 35.0 Å². The molecule has 0 aliphatic carbocycles. The number of benzene rings is 1. The van der Waals surface area contributed by atoms with Gasteiger partial charge in [-0.3, -0.25) is 4.79 Å². The van der Waals surface area contributed by atoms with E-state index in [1.807, 2.05) is 0 Å². The van der Waals surface area contributed by atoms with Crippen molar-refractivity contribution in [3.05, 3.63) is 23.2 Å². The van der Waals surface area contributed by atoms with Crippen LogP contribution in [0.1, 0.15) is 6.92 Å². The Kier molecular flexibility index (Phi) is 5.37. The summed E-state index contributed by atoms with van der Waals surface area (Å²) in [5.74, 6) is -0.332. The monoisotopic (exact) mass is 313 g/mol. The molecule has 1 atom stereocenters. The number of methoxy groups -OCH3 is 1. The van der Waals surface area contributed by atoms with E-state index in [1.54, 1.807) is 0 Å². The first-order valence-corrected chi connectivity index (χ1v) is 6.37. The van der Waals surface area contributed by atoms with Crippen molar-refractivity contribution in [1.29, 1.82) is 0 Å². The van der Waals surface area contributed by atoms with Crippen LogP contribution in [0.15, 0.2) is 18.2 Å². The second-order valence-corrected chi connectivity index (χ2v) is 5.36. The highest BCUT2D eigenvalue weighted by molar-refractivity contribution is 8.01. The number of nitrogens with one attached hydrogen (secondary N) is 1. The van der Waals surface area contributed by atoms with Gasteiger partial charge < -0.3 is 10.1 Å². The number of hydrogen-bond acceptors (Lipinski definition) is 3. The van der Waals surface area contributed by atoms with E-state index in [2.05, 4.69) is 5.32 Å². The summed E-state index contributed by atoms with van der Waals surface area (Å²) in [5.41, 5.74) is -4.14. The van der Waals surface area contributed by atoms with Gasteiger partial charge in [0.1, 0.15) is 5.75 Å². The van der Waals surface area contributed by atoms with Gasteiger partial charge in [-0.2, -0.15) is 13.2 Å². The Hall–Kier alpha value is -1.08. The fourth-order valence-corrected chi connectivity index (χ4v) is 2.07. The molecule has 1 amide bonds. The first-order chi connectivity index (χ1) is 8.73. The zero-order valence-electron chi connectivity index (χ0n) is 10.0. The summed E-state index contributed by atoms with van der Waals surface area (Å²) < 4.78 is 41.3. The maximum absolute atomic E-state index is 12.1. The average Bonchev–Trinajstić information content (AvgIpc) is 2.27. The lowest BCUT2D eigenvalue weighted by molar-refractivity contribution is -0.115. The van der Waals surface area contributed by atoms with Gasteiger partial charge in [0, 0.05) is 5.69 Å². The number of alkyl halides is 3. The van der Waals surface area contributed by atoms with Crippen LogP contribution in [0.4, 0.5) is 18.9 Å². The van der Waals surface area contributed by atoms with Crippen molar-refractivity contribution in [2.45, 2.75) is 17.7 Å². The molecule has 0 saturated carbocycles. The SMILES string of the molecule is COc1ccc(NC(=O)[C@H](C)SC(F)(F)F)cc1Cl. The van der Waals surface area contributed by atoms with E-state index in [1.165, 1.54) is 32.2 Å². The second-order valence-electron chi connectivity index (χ2n) is 3.54. The normalized spacial score (nSPS) is 12.9. The van der Waals surface area contributed by atoms with Crippen molar-refractivity contribution in [1.82, 2.24) is 0 Å². The minimum Gasteiger partial charge on any atom is -0.495 e. The third kappa shape index (κ3) is 5.20. The third-order valence-corrected chi connectivity index (χ3v) is 3.23. The Labute approximate surface area is 117 Å². The zero-order chi connectivity index (χ0) is 14.6. The van der Waals surface area contributed by atoms with Crippen molar-refractivity contribution in [2.24, 2.45) is 0 Å². The van der Waals surface area contributed by atoms with Gasteiger partial charge in [0.05, 0.1) is 17.4 Å². The molecule has 106 valence electrons. The minimum absolute atomic E-state index is 0.261. The number of amides is 1. The molecule has 1 N–H and O–H groups in total. The first kappa shape index (κ1) is 16.0. The molecule has 0 spiro atoms. The van der Waals surface area contributed by atoms with E-state index >= 15 is 0 Å². The van der Waals surface area contributed by atoms with Crippen molar-refractivity contribution in [3.8, 4) is 5.75 Å². The summed E-state index contributed by atoms with van der Waals surface area (Å²) >= 11 is 5.46. The molecule has 0 heterocycles. The van der Waals surface area contributed by atoms with Gasteiger partial charge in [-0.1, -0.05) is 11.6 Å². The maximum Gasteiger partial charge on any atom is 0.442 e. The molecule has 0 fully saturated rings.